The van der Waals surface area contributed by atoms with Crippen molar-refractivity contribution < 1.29 is 24.3 Å². The van der Waals surface area contributed by atoms with Crippen molar-refractivity contribution in [1.29, 1.82) is 0 Å². The highest BCUT2D eigenvalue weighted by Gasteiger charge is 2.24. The van der Waals surface area contributed by atoms with Gasteiger partial charge in [-0.3, -0.25) is 10.1 Å². The van der Waals surface area contributed by atoms with Crippen LogP contribution >= 0.6 is 0 Å². The molecule has 1 saturated heterocycles. The van der Waals surface area contributed by atoms with Crippen LogP contribution in [0.4, 0.5) is 17.1 Å². The summed E-state index contributed by atoms with van der Waals surface area (Å²) in [4.78, 5) is 24.6. The van der Waals surface area contributed by atoms with Crippen molar-refractivity contribution in [2.75, 3.05) is 36.9 Å². The molecule has 0 amide bonds. The van der Waals surface area contributed by atoms with Crippen LogP contribution < -0.4 is 20.7 Å². The first-order valence-electron chi connectivity index (χ1n) is 11.0. The van der Waals surface area contributed by atoms with Gasteiger partial charge in [0.2, 0.25) is 0 Å². The molecule has 10 heteroatoms. The van der Waals surface area contributed by atoms with Crippen LogP contribution in [-0.4, -0.2) is 54.6 Å². The lowest BCUT2D eigenvalue weighted by Crippen LogP contribution is -2.44. The van der Waals surface area contributed by atoms with E-state index in [1.165, 1.54) is 18.2 Å². The minimum absolute atomic E-state index is 0.0731. The van der Waals surface area contributed by atoms with Gasteiger partial charge in [0, 0.05) is 30.8 Å². The van der Waals surface area contributed by atoms with Gasteiger partial charge in [0.1, 0.15) is 0 Å². The van der Waals surface area contributed by atoms with E-state index in [2.05, 4.69) is 10.2 Å². The molecule has 1 fully saturated rings. The van der Waals surface area contributed by atoms with Gasteiger partial charge < -0.3 is 30.5 Å². The average molecular weight is 459 g/mol. The fourth-order valence-electron chi connectivity index (χ4n) is 3.89. The number of nitrogens with one attached hydrogen (secondary N) is 1. The van der Waals surface area contributed by atoms with Crippen LogP contribution in [-0.2, 0) is 4.74 Å². The quantitative estimate of drug-likeness (QED) is 0.161. The summed E-state index contributed by atoms with van der Waals surface area (Å²) in [7, 11) is 0. The molecule has 1 heterocycles. The Morgan fingerprint density at radius 2 is 1.97 bits per heavy atom. The van der Waals surface area contributed by atoms with Crippen molar-refractivity contribution in [1.82, 2.24) is 5.32 Å². The number of carbonyl (C=O) groups is 1. The summed E-state index contributed by atoms with van der Waals surface area (Å²) >= 11 is 0. The molecule has 33 heavy (non-hydrogen) atoms. The molecule has 2 aromatic carbocycles. The second-order valence-electron chi connectivity index (χ2n) is 7.75. The normalized spacial score (nSPS) is 15.0. The Hall–Kier alpha value is -3.37. The van der Waals surface area contributed by atoms with Gasteiger partial charge in [0.25, 0.3) is 5.69 Å². The molecule has 1 aliphatic heterocycles. The zero-order valence-electron chi connectivity index (χ0n) is 18.6. The molecule has 0 saturated carbocycles. The predicted octanol–water partition coefficient (Wildman–Crippen LogP) is 2.70. The number of benzene rings is 2. The molecular weight excluding hydrogens is 428 g/mol. The molecule has 3 rings (SSSR count). The number of para-hydroxylation sites is 1. The number of aliphatic hydroxyl groups excluding tert-OH is 1. The Morgan fingerprint density at radius 3 is 2.61 bits per heavy atom. The second kappa shape index (κ2) is 11.5. The number of nitro groups is 1. The number of nitro benzene ring substituents is 1. The summed E-state index contributed by atoms with van der Waals surface area (Å²) < 4.78 is 10.6. The van der Waals surface area contributed by atoms with E-state index >= 15 is 0 Å². The highest BCUT2D eigenvalue weighted by molar-refractivity contribution is 5.89. The van der Waals surface area contributed by atoms with Gasteiger partial charge in [-0.05, 0) is 63.2 Å². The van der Waals surface area contributed by atoms with Gasteiger partial charge in [-0.2, -0.15) is 0 Å². The Kier molecular flexibility index (Phi) is 8.45. The first-order valence-corrected chi connectivity index (χ1v) is 11.0. The molecule has 1 atom stereocenters. The van der Waals surface area contributed by atoms with Crippen molar-refractivity contribution in [2.24, 2.45) is 0 Å². The molecular formula is C23H30N4O6. The lowest BCUT2D eigenvalue weighted by Gasteiger charge is -2.37. The lowest BCUT2D eigenvalue weighted by atomic mass is 10.0. The highest BCUT2D eigenvalue weighted by atomic mass is 16.6. The number of carbonyl (C=O) groups excluding carboxylic acids is 1. The third-order valence-electron chi connectivity index (χ3n) is 5.58. The van der Waals surface area contributed by atoms with Crippen molar-refractivity contribution in [3.8, 4) is 5.75 Å². The minimum atomic E-state index is -1.20. The third-order valence-corrected chi connectivity index (χ3v) is 5.58. The zero-order valence-corrected chi connectivity index (χ0v) is 18.6. The van der Waals surface area contributed by atoms with Crippen LogP contribution in [0.2, 0.25) is 0 Å². The number of nitrogen functional groups attached to an aromatic ring is 1. The topological polar surface area (TPSA) is 140 Å². The maximum absolute atomic E-state index is 12.0. The summed E-state index contributed by atoms with van der Waals surface area (Å²) in [6, 6.07) is 11.7. The van der Waals surface area contributed by atoms with Crippen molar-refractivity contribution in [3.63, 3.8) is 0 Å². The SMILES string of the molecule is CCOC(=O)c1ccc(N(CCC(O)Oc2cccc([N+](=O)[O-])c2N)C2CCNCC2)cc1. The molecule has 10 nitrogen and oxygen atoms in total. The number of rotatable bonds is 10. The number of nitrogens with two attached hydrogens (primary N) is 1. The van der Waals surface area contributed by atoms with Crippen LogP contribution in [0.25, 0.3) is 0 Å². The first-order chi connectivity index (χ1) is 15.9. The Bertz CT molecular complexity index is 946. The lowest BCUT2D eigenvalue weighted by molar-refractivity contribution is -0.384. The molecule has 2 aromatic rings. The number of esters is 1. The molecule has 1 aliphatic rings. The van der Waals surface area contributed by atoms with Crippen LogP contribution in [0, 0.1) is 10.1 Å². The summed E-state index contributed by atoms with van der Waals surface area (Å²) in [5, 5.41) is 24.9. The molecule has 0 radical (unpaired) electrons. The van der Waals surface area contributed by atoms with E-state index in [1.54, 1.807) is 19.1 Å². The molecule has 0 aliphatic carbocycles. The Labute approximate surface area is 192 Å². The highest BCUT2D eigenvalue weighted by Crippen LogP contribution is 2.32. The molecule has 4 N–H and O–H groups in total. The van der Waals surface area contributed by atoms with Gasteiger partial charge in [0.05, 0.1) is 17.1 Å². The summed E-state index contributed by atoms with van der Waals surface area (Å²) in [6.07, 6.45) is 0.937. The summed E-state index contributed by atoms with van der Waals surface area (Å²) in [5.74, 6) is -0.292. The minimum Gasteiger partial charge on any atom is -0.463 e. The number of anilines is 2. The number of nitrogens with zero attached hydrogens (tertiary/aromatic N) is 2. The predicted molar refractivity (Wildman–Crippen MR) is 124 cm³/mol. The Morgan fingerprint density at radius 1 is 1.27 bits per heavy atom. The van der Waals surface area contributed by atoms with Crippen molar-refractivity contribution >= 4 is 23.0 Å². The number of hydrogen-bond donors (Lipinski definition) is 3. The first kappa shape index (κ1) is 24.3. The van der Waals surface area contributed by atoms with Gasteiger partial charge in [-0.15, -0.1) is 0 Å². The number of aliphatic hydroxyl groups is 1. The van der Waals surface area contributed by atoms with E-state index in [1.807, 2.05) is 12.1 Å². The summed E-state index contributed by atoms with van der Waals surface area (Å²) in [5.41, 5.74) is 6.85. The standard InChI is InChI=1S/C23H30N4O6/c1-2-32-23(29)16-6-8-17(9-7-16)26(18-10-13-25-14-11-18)15-12-21(28)33-20-5-3-4-19(22(20)24)27(30)31/h3-9,18,21,25,28H,2,10-15,24H2,1H3. The van der Waals surface area contributed by atoms with Gasteiger partial charge in [-0.1, -0.05) is 6.07 Å². The van der Waals surface area contributed by atoms with E-state index in [0.717, 1.165) is 31.6 Å². The van der Waals surface area contributed by atoms with Crippen molar-refractivity contribution in [2.45, 2.75) is 38.5 Å². The molecule has 1 unspecified atom stereocenters. The number of ether oxygens (including phenoxy) is 2. The third kappa shape index (κ3) is 6.33. The van der Waals surface area contributed by atoms with E-state index in [-0.39, 0.29) is 35.6 Å². The van der Waals surface area contributed by atoms with Crippen LogP contribution in [0.5, 0.6) is 5.75 Å². The van der Waals surface area contributed by atoms with E-state index < -0.39 is 11.2 Å². The molecule has 0 bridgehead atoms. The smallest absolute Gasteiger partial charge is 0.338 e. The van der Waals surface area contributed by atoms with Crippen LogP contribution in [0.1, 0.15) is 36.5 Å². The molecule has 0 spiro atoms. The monoisotopic (exact) mass is 458 g/mol. The van der Waals surface area contributed by atoms with Crippen LogP contribution in [0.15, 0.2) is 42.5 Å². The van der Waals surface area contributed by atoms with Crippen LogP contribution in [0.3, 0.4) is 0 Å². The maximum Gasteiger partial charge on any atom is 0.338 e. The molecule has 178 valence electrons. The van der Waals surface area contributed by atoms with Crippen molar-refractivity contribution in [3.05, 3.63) is 58.1 Å². The second-order valence-corrected chi connectivity index (χ2v) is 7.75. The number of piperidine rings is 1. The Balaban J connectivity index is 1.70. The van der Waals surface area contributed by atoms with E-state index in [4.69, 9.17) is 15.2 Å². The van der Waals surface area contributed by atoms with Gasteiger partial charge >= 0.3 is 5.97 Å². The summed E-state index contributed by atoms with van der Waals surface area (Å²) in [6.45, 7) is 4.35. The average Bonchev–Trinajstić information content (AvgIpc) is 2.81. The zero-order chi connectivity index (χ0) is 23.8. The van der Waals surface area contributed by atoms with E-state index in [0.29, 0.717) is 18.7 Å². The van der Waals surface area contributed by atoms with Gasteiger partial charge in [-0.25, -0.2) is 4.79 Å². The van der Waals surface area contributed by atoms with E-state index in [9.17, 15) is 20.0 Å². The van der Waals surface area contributed by atoms with Gasteiger partial charge in [0.15, 0.2) is 17.7 Å². The molecule has 0 aromatic heterocycles. The fraction of sp³-hybridized carbons (Fsp3) is 0.435. The fourth-order valence-corrected chi connectivity index (χ4v) is 3.89. The largest absolute Gasteiger partial charge is 0.463 e. The maximum atomic E-state index is 12.0. The number of hydrogen-bond acceptors (Lipinski definition) is 9.